The summed E-state index contributed by atoms with van der Waals surface area (Å²) in [6.07, 6.45) is 2.61. The lowest BCUT2D eigenvalue weighted by Gasteiger charge is -2.13. The van der Waals surface area contributed by atoms with Crippen molar-refractivity contribution in [3.05, 3.63) is 47.5 Å². The van der Waals surface area contributed by atoms with Crippen molar-refractivity contribution in [1.82, 2.24) is 20.5 Å². The monoisotopic (exact) mass is 322 g/mol. The van der Waals surface area contributed by atoms with E-state index < -0.39 is 11.6 Å². The van der Waals surface area contributed by atoms with E-state index in [9.17, 15) is 13.6 Å². The highest BCUT2D eigenvalue weighted by molar-refractivity contribution is 5.78. The summed E-state index contributed by atoms with van der Waals surface area (Å²) >= 11 is 0. The molecule has 2 aromatic rings. The molecule has 23 heavy (non-hydrogen) atoms. The zero-order chi connectivity index (χ0) is 16.2. The van der Waals surface area contributed by atoms with Crippen LogP contribution in [0.4, 0.5) is 8.78 Å². The van der Waals surface area contributed by atoms with Crippen molar-refractivity contribution >= 4 is 5.91 Å². The molecule has 2 heterocycles. The molecule has 1 aromatic heterocycles. The van der Waals surface area contributed by atoms with E-state index in [4.69, 9.17) is 4.74 Å². The van der Waals surface area contributed by atoms with Gasteiger partial charge in [-0.15, -0.1) is 0 Å². The van der Waals surface area contributed by atoms with Crippen LogP contribution >= 0.6 is 0 Å². The molecule has 2 atom stereocenters. The molecule has 0 aliphatic carbocycles. The number of nitrogens with one attached hydrogen (secondary N) is 2. The lowest BCUT2D eigenvalue weighted by Crippen LogP contribution is -2.33. The number of carbonyl (C=O) groups is 1. The lowest BCUT2D eigenvalue weighted by atomic mass is 10.1. The average molecular weight is 322 g/mol. The van der Waals surface area contributed by atoms with E-state index in [2.05, 4.69) is 20.5 Å². The number of halogens is 2. The van der Waals surface area contributed by atoms with Crippen LogP contribution < -0.4 is 5.32 Å². The Hall–Kier alpha value is -2.35. The number of ether oxygens (including phenoxy) is 1. The Kier molecular flexibility index (Phi) is 4.61. The molecule has 0 unspecified atom stereocenters. The smallest absolute Gasteiger partial charge is 0.224 e. The molecule has 1 aromatic carbocycles. The van der Waals surface area contributed by atoms with Crippen molar-refractivity contribution in [3.8, 4) is 0 Å². The van der Waals surface area contributed by atoms with Crippen LogP contribution in [-0.4, -0.2) is 33.7 Å². The summed E-state index contributed by atoms with van der Waals surface area (Å²) in [6.45, 7) is 0.340. The number of benzene rings is 1. The van der Waals surface area contributed by atoms with Crippen molar-refractivity contribution in [3.63, 3.8) is 0 Å². The molecule has 8 heteroatoms. The van der Waals surface area contributed by atoms with E-state index in [1.54, 1.807) is 0 Å². The van der Waals surface area contributed by atoms with E-state index in [-0.39, 0.29) is 30.1 Å². The Morgan fingerprint density at radius 2 is 2.26 bits per heavy atom. The van der Waals surface area contributed by atoms with Gasteiger partial charge in [-0.2, -0.15) is 5.10 Å². The third-order valence-electron chi connectivity index (χ3n) is 3.74. The number of amides is 1. The largest absolute Gasteiger partial charge is 0.365 e. The first-order valence-electron chi connectivity index (χ1n) is 7.33. The van der Waals surface area contributed by atoms with Gasteiger partial charge in [0.25, 0.3) is 0 Å². The van der Waals surface area contributed by atoms with Crippen LogP contribution in [0, 0.1) is 11.6 Å². The molecule has 1 saturated heterocycles. The van der Waals surface area contributed by atoms with Crippen LogP contribution in [-0.2, 0) is 16.0 Å². The van der Waals surface area contributed by atoms with Crippen LogP contribution in [0.3, 0.4) is 0 Å². The molecule has 1 aliphatic rings. The summed E-state index contributed by atoms with van der Waals surface area (Å²) in [5, 5.41) is 9.25. The van der Waals surface area contributed by atoms with Crippen LogP contribution in [0.5, 0.6) is 0 Å². The van der Waals surface area contributed by atoms with E-state index in [0.717, 1.165) is 25.0 Å². The van der Waals surface area contributed by atoms with E-state index >= 15 is 0 Å². The standard InChI is InChI=1S/C15H16F2N4O2/c16-10-2-1-9(12(17)6-10)5-14(22)18-7-11-3-4-13(23-11)15-19-8-20-21-15/h1-2,6,8,11,13H,3-5,7H2,(H,18,22)(H,19,20,21)/t11-,13+/m1/s1. The second kappa shape index (κ2) is 6.82. The number of hydrogen-bond acceptors (Lipinski definition) is 4. The Bertz CT molecular complexity index is 678. The van der Waals surface area contributed by atoms with Crippen molar-refractivity contribution in [2.45, 2.75) is 31.5 Å². The van der Waals surface area contributed by atoms with Crippen molar-refractivity contribution in [2.24, 2.45) is 0 Å². The molecule has 6 nitrogen and oxygen atoms in total. The van der Waals surface area contributed by atoms with Gasteiger partial charge in [-0.25, -0.2) is 13.8 Å². The van der Waals surface area contributed by atoms with Gasteiger partial charge < -0.3 is 10.1 Å². The maximum Gasteiger partial charge on any atom is 0.224 e. The van der Waals surface area contributed by atoms with Gasteiger partial charge >= 0.3 is 0 Å². The van der Waals surface area contributed by atoms with Crippen molar-refractivity contribution < 1.29 is 18.3 Å². The van der Waals surface area contributed by atoms with E-state index in [0.29, 0.717) is 12.4 Å². The van der Waals surface area contributed by atoms with E-state index in [1.165, 1.54) is 12.4 Å². The zero-order valence-electron chi connectivity index (χ0n) is 12.3. The molecular weight excluding hydrogens is 306 g/mol. The van der Waals surface area contributed by atoms with Gasteiger partial charge in [-0.1, -0.05) is 6.07 Å². The number of aromatic amines is 1. The summed E-state index contributed by atoms with van der Waals surface area (Å²) in [4.78, 5) is 15.9. The van der Waals surface area contributed by atoms with Crippen molar-refractivity contribution in [2.75, 3.05) is 6.54 Å². The van der Waals surface area contributed by atoms with Gasteiger partial charge in [0.15, 0.2) is 5.82 Å². The Morgan fingerprint density at radius 3 is 3.00 bits per heavy atom. The Morgan fingerprint density at radius 1 is 1.39 bits per heavy atom. The molecule has 3 rings (SSSR count). The van der Waals surface area contributed by atoms with Gasteiger partial charge in [0, 0.05) is 12.6 Å². The molecule has 1 aliphatic heterocycles. The summed E-state index contributed by atoms with van der Waals surface area (Å²) < 4.78 is 32.1. The second-order valence-electron chi connectivity index (χ2n) is 5.41. The number of aromatic nitrogens is 3. The number of nitrogens with zero attached hydrogens (tertiary/aromatic N) is 2. The van der Waals surface area contributed by atoms with E-state index in [1.807, 2.05) is 0 Å². The fourth-order valence-corrected chi connectivity index (χ4v) is 2.56. The third-order valence-corrected chi connectivity index (χ3v) is 3.74. The van der Waals surface area contributed by atoms with Gasteiger partial charge in [0.2, 0.25) is 5.91 Å². The summed E-state index contributed by atoms with van der Waals surface area (Å²) in [6, 6.07) is 3.18. The predicted molar refractivity (Wildman–Crippen MR) is 76.3 cm³/mol. The SMILES string of the molecule is O=C(Cc1ccc(F)cc1F)NC[C@H]1CC[C@@H](c2ncn[nH]2)O1. The first-order chi connectivity index (χ1) is 11.1. The average Bonchev–Trinajstić information content (AvgIpc) is 3.18. The van der Waals surface area contributed by atoms with Crippen molar-refractivity contribution in [1.29, 1.82) is 0 Å². The number of H-pyrrole nitrogens is 1. The molecular formula is C15H16F2N4O2. The first kappa shape index (κ1) is 15.5. The van der Waals surface area contributed by atoms with Crippen LogP contribution in [0.15, 0.2) is 24.5 Å². The minimum Gasteiger partial charge on any atom is -0.365 e. The minimum absolute atomic E-state index is 0.118. The van der Waals surface area contributed by atoms with Gasteiger partial charge in [0.1, 0.15) is 24.1 Å². The lowest BCUT2D eigenvalue weighted by molar-refractivity contribution is -0.121. The Labute approximate surface area is 131 Å². The highest BCUT2D eigenvalue weighted by Gasteiger charge is 2.28. The zero-order valence-corrected chi connectivity index (χ0v) is 12.3. The molecule has 1 amide bonds. The molecule has 2 N–H and O–H groups in total. The quantitative estimate of drug-likeness (QED) is 0.877. The highest BCUT2D eigenvalue weighted by atomic mass is 19.1. The Balaban J connectivity index is 1.46. The third kappa shape index (κ3) is 3.89. The first-order valence-corrected chi connectivity index (χ1v) is 7.33. The number of hydrogen-bond donors (Lipinski definition) is 2. The van der Waals surface area contributed by atoms with Gasteiger partial charge in [-0.3, -0.25) is 9.89 Å². The molecule has 0 spiro atoms. The molecule has 0 saturated carbocycles. The molecule has 122 valence electrons. The van der Waals surface area contributed by atoms with Crippen LogP contribution in [0.2, 0.25) is 0 Å². The summed E-state index contributed by atoms with van der Waals surface area (Å²) in [5.41, 5.74) is 0.163. The van der Waals surface area contributed by atoms with Gasteiger partial charge in [0.05, 0.1) is 12.5 Å². The summed E-state index contributed by atoms with van der Waals surface area (Å²) in [7, 11) is 0. The number of rotatable bonds is 5. The molecule has 0 radical (unpaired) electrons. The summed E-state index contributed by atoms with van der Waals surface area (Å²) in [5.74, 6) is -1.04. The topological polar surface area (TPSA) is 79.9 Å². The van der Waals surface area contributed by atoms with Crippen LogP contribution in [0.25, 0.3) is 0 Å². The maximum absolute atomic E-state index is 13.5. The molecule has 1 fully saturated rings. The highest BCUT2D eigenvalue weighted by Crippen LogP contribution is 2.29. The fraction of sp³-hybridized carbons (Fsp3) is 0.400. The number of carbonyl (C=O) groups excluding carboxylic acids is 1. The fourth-order valence-electron chi connectivity index (χ4n) is 2.56. The molecule has 0 bridgehead atoms. The maximum atomic E-state index is 13.5. The van der Waals surface area contributed by atoms with Crippen LogP contribution in [0.1, 0.15) is 30.3 Å². The van der Waals surface area contributed by atoms with Gasteiger partial charge in [-0.05, 0) is 24.5 Å². The predicted octanol–water partition coefficient (Wildman–Crippen LogP) is 1.66. The minimum atomic E-state index is -0.720. The second-order valence-corrected chi connectivity index (χ2v) is 5.41. The normalized spacial score (nSPS) is 20.6.